The first-order valence-electron chi connectivity index (χ1n) is 7.81. The molecule has 1 aliphatic rings. The molecule has 0 unspecified atom stereocenters. The average Bonchev–Trinajstić information content (AvgIpc) is 2.58. The summed E-state index contributed by atoms with van der Waals surface area (Å²) in [7, 11) is 0. The molecule has 1 saturated heterocycles. The van der Waals surface area contributed by atoms with Crippen molar-refractivity contribution in [3.05, 3.63) is 36.5 Å². The molecule has 0 radical (unpaired) electrons. The van der Waals surface area contributed by atoms with Gasteiger partial charge in [-0.15, -0.1) is 0 Å². The van der Waals surface area contributed by atoms with E-state index in [2.05, 4.69) is 25.3 Å². The Morgan fingerprint density at radius 1 is 1.17 bits per heavy atom. The third-order valence-electron chi connectivity index (χ3n) is 4.07. The molecule has 3 heterocycles. The molecule has 3 rings (SSSR count). The minimum atomic E-state index is 0.168. The number of nitrogens with zero attached hydrogens (tertiary/aromatic N) is 5. The normalized spacial score (nSPS) is 15.4. The summed E-state index contributed by atoms with van der Waals surface area (Å²) in [6.45, 7) is 3.32. The topological polar surface area (TPSA) is 83.9 Å². The maximum absolute atomic E-state index is 11.3. The Morgan fingerprint density at radius 2 is 1.91 bits per heavy atom. The molecule has 1 amide bonds. The van der Waals surface area contributed by atoms with Gasteiger partial charge in [-0.05, 0) is 31.2 Å². The number of hydrogen-bond donors (Lipinski definition) is 1. The van der Waals surface area contributed by atoms with Crippen LogP contribution >= 0.6 is 0 Å². The van der Waals surface area contributed by atoms with E-state index in [4.69, 9.17) is 0 Å². The summed E-state index contributed by atoms with van der Waals surface area (Å²) in [5.74, 6) is 1.87. The summed E-state index contributed by atoms with van der Waals surface area (Å²) in [5, 5.41) is 3.01. The molecule has 7 nitrogen and oxygen atoms in total. The zero-order valence-corrected chi connectivity index (χ0v) is 13.1. The Labute approximate surface area is 135 Å². The molecule has 1 fully saturated rings. The quantitative estimate of drug-likeness (QED) is 0.927. The summed E-state index contributed by atoms with van der Waals surface area (Å²) >= 11 is 0. The number of rotatable bonds is 4. The third kappa shape index (κ3) is 4.21. The molecule has 1 aliphatic heterocycles. The highest BCUT2D eigenvalue weighted by Crippen LogP contribution is 2.21. The van der Waals surface area contributed by atoms with E-state index >= 15 is 0 Å². The van der Waals surface area contributed by atoms with Gasteiger partial charge >= 0.3 is 0 Å². The third-order valence-corrected chi connectivity index (χ3v) is 4.07. The predicted octanol–water partition coefficient (Wildman–Crippen LogP) is 1.81. The Balaban J connectivity index is 1.53. The SMILES string of the molecule is CC(=O)N1CCC(Cc2cnc(Nc3ncccn3)cn2)CC1. The van der Waals surface area contributed by atoms with Crippen LogP contribution in [0.25, 0.3) is 0 Å². The Hall–Kier alpha value is -2.57. The number of hydrogen-bond acceptors (Lipinski definition) is 6. The van der Waals surface area contributed by atoms with Crippen LogP contribution in [-0.4, -0.2) is 43.8 Å². The van der Waals surface area contributed by atoms with E-state index in [1.54, 1.807) is 37.8 Å². The van der Waals surface area contributed by atoms with Crippen LogP contribution in [0.5, 0.6) is 0 Å². The second-order valence-electron chi connectivity index (χ2n) is 5.74. The van der Waals surface area contributed by atoms with Gasteiger partial charge in [0.25, 0.3) is 0 Å². The molecule has 23 heavy (non-hydrogen) atoms. The number of likely N-dealkylation sites (tertiary alicyclic amines) is 1. The highest BCUT2D eigenvalue weighted by atomic mass is 16.2. The summed E-state index contributed by atoms with van der Waals surface area (Å²) < 4.78 is 0. The van der Waals surface area contributed by atoms with Crippen LogP contribution in [0, 0.1) is 5.92 Å². The van der Waals surface area contributed by atoms with Crippen molar-refractivity contribution >= 4 is 17.7 Å². The maximum atomic E-state index is 11.3. The lowest BCUT2D eigenvalue weighted by atomic mass is 9.92. The van der Waals surface area contributed by atoms with Gasteiger partial charge in [0.2, 0.25) is 11.9 Å². The smallest absolute Gasteiger partial charge is 0.228 e. The van der Waals surface area contributed by atoms with Gasteiger partial charge in [0, 0.05) is 32.4 Å². The largest absolute Gasteiger partial charge is 0.343 e. The summed E-state index contributed by atoms with van der Waals surface area (Å²) in [6, 6.07) is 1.76. The number of amides is 1. The molecular weight excluding hydrogens is 292 g/mol. The average molecular weight is 312 g/mol. The lowest BCUT2D eigenvalue weighted by Gasteiger charge is -2.31. The first-order valence-corrected chi connectivity index (χ1v) is 7.81. The van der Waals surface area contributed by atoms with Crippen LogP contribution in [0.1, 0.15) is 25.5 Å². The zero-order valence-electron chi connectivity index (χ0n) is 13.1. The minimum absolute atomic E-state index is 0.168. The number of carbonyl (C=O) groups is 1. The Morgan fingerprint density at radius 3 is 2.52 bits per heavy atom. The van der Waals surface area contributed by atoms with Crippen LogP contribution in [-0.2, 0) is 11.2 Å². The second-order valence-corrected chi connectivity index (χ2v) is 5.74. The molecule has 2 aromatic rings. The Kier molecular flexibility index (Phi) is 4.75. The first kappa shape index (κ1) is 15.3. The van der Waals surface area contributed by atoms with E-state index in [9.17, 15) is 4.79 Å². The van der Waals surface area contributed by atoms with Crippen LogP contribution in [0.4, 0.5) is 11.8 Å². The standard InChI is InChI=1S/C16H20N6O/c1-12(23)22-7-3-13(4-8-22)9-14-10-20-15(11-19-14)21-16-17-5-2-6-18-16/h2,5-6,10-11,13H,3-4,7-9H2,1H3,(H,17,18,20,21). The molecule has 0 aliphatic carbocycles. The monoisotopic (exact) mass is 312 g/mol. The lowest BCUT2D eigenvalue weighted by molar-refractivity contribution is -0.130. The Bertz CT molecular complexity index is 637. The highest BCUT2D eigenvalue weighted by Gasteiger charge is 2.21. The van der Waals surface area contributed by atoms with E-state index in [-0.39, 0.29) is 5.91 Å². The van der Waals surface area contributed by atoms with Gasteiger partial charge < -0.3 is 10.2 Å². The van der Waals surface area contributed by atoms with E-state index < -0.39 is 0 Å². The van der Waals surface area contributed by atoms with Gasteiger partial charge in [-0.2, -0.15) is 0 Å². The number of piperidine rings is 1. The lowest BCUT2D eigenvalue weighted by Crippen LogP contribution is -2.37. The molecule has 0 bridgehead atoms. The number of aromatic nitrogens is 4. The van der Waals surface area contributed by atoms with Crippen LogP contribution in [0.15, 0.2) is 30.9 Å². The van der Waals surface area contributed by atoms with Crippen molar-refractivity contribution in [2.45, 2.75) is 26.2 Å². The first-order chi connectivity index (χ1) is 11.2. The fraction of sp³-hybridized carbons (Fsp3) is 0.438. The van der Waals surface area contributed by atoms with Crippen molar-refractivity contribution in [1.29, 1.82) is 0 Å². The van der Waals surface area contributed by atoms with E-state index in [0.29, 0.717) is 17.7 Å². The fourth-order valence-electron chi connectivity index (χ4n) is 2.75. The fourth-order valence-corrected chi connectivity index (χ4v) is 2.75. The van der Waals surface area contributed by atoms with Crippen molar-refractivity contribution in [2.24, 2.45) is 5.92 Å². The van der Waals surface area contributed by atoms with Crippen molar-refractivity contribution < 1.29 is 4.79 Å². The summed E-state index contributed by atoms with van der Waals surface area (Å²) in [5.41, 5.74) is 0.978. The molecule has 0 saturated carbocycles. The predicted molar refractivity (Wildman–Crippen MR) is 86.0 cm³/mol. The molecule has 0 spiro atoms. The van der Waals surface area contributed by atoms with Crippen molar-refractivity contribution in [3.8, 4) is 0 Å². The van der Waals surface area contributed by atoms with Gasteiger partial charge in [0.1, 0.15) is 0 Å². The molecule has 120 valence electrons. The van der Waals surface area contributed by atoms with Crippen molar-refractivity contribution in [3.63, 3.8) is 0 Å². The number of nitrogens with one attached hydrogen (secondary N) is 1. The second kappa shape index (κ2) is 7.13. The van der Waals surface area contributed by atoms with Gasteiger partial charge in [-0.3, -0.25) is 9.78 Å². The van der Waals surface area contributed by atoms with Gasteiger partial charge in [-0.25, -0.2) is 15.0 Å². The maximum Gasteiger partial charge on any atom is 0.228 e. The molecule has 0 atom stereocenters. The molecule has 2 aromatic heterocycles. The summed E-state index contributed by atoms with van der Waals surface area (Å²) in [6.07, 6.45) is 9.80. The number of carbonyl (C=O) groups excluding carboxylic acids is 1. The van der Waals surface area contributed by atoms with E-state index in [1.807, 2.05) is 4.90 Å². The van der Waals surface area contributed by atoms with Crippen molar-refractivity contribution in [1.82, 2.24) is 24.8 Å². The van der Waals surface area contributed by atoms with Gasteiger partial charge in [0.15, 0.2) is 5.82 Å². The zero-order chi connectivity index (χ0) is 16.1. The molecule has 1 N–H and O–H groups in total. The van der Waals surface area contributed by atoms with Crippen LogP contribution in [0.3, 0.4) is 0 Å². The summed E-state index contributed by atoms with van der Waals surface area (Å²) in [4.78, 5) is 30.3. The van der Waals surface area contributed by atoms with E-state index in [1.165, 1.54) is 0 Å². The molecule has 0 aromatic carbocycles. The van der Waals surface area contributed by atoms with E-state index in [0.717, 1.165) is 38.0 Å². The minimum Gasteiger partial charge on any atom is -0.343 e. The van der Waals surface area contributed by atoms with Crippen molar-refractivity contribution in [2.75, 3.05) is 18.4 Å². The van der Waals surface area contributed by atoms with Crippen LogP contribution < -0.4 is 5.32 Å². The highest BCUT2D eigenvalue weighted by molar-refractivity contribution is 5.73. The molecular formula is C16H20N6O. The van der Waals surface area contributed by atoms with Crippen LogP contribution in [0.2, 0.25) is 0 Å². The van der Waals surface area contributed by atoms with Gasteiger partial charge in [0.05, 0.1) is 18.1 Å². The number of anilines is 2. The van der Waals surface area contributed by atoms with Gasteiger partial charge in [-0.1, -0.05) is 0 Å². The molecule has 7 heteroatoms.